The predicted molar refractivity (Wildman–Crippen MR) is 118 cm³/mol. The molecule has 1 aromatic heterocycles. The third kappa shape index (κ3) is 3.49. The van der Waals surface area contributed by atoms with Crippen LogP contribution in [0.15, 0.2) is 54.6 Å². The first-order valence-corrected chi connectivity index (χ1v) is 10.9. The molecular formula is C24H27N5O2. The van der Waals surface area contributed by atoms with Gasteiger partial charge in [0.25, 0.3) is 5.91 Å². The first-order valence-electron chi connectivity index (χ1n) is 10.9. The number of imidazole rings is 1. The van der Waals surface area contributed by atoms with Crippen LogP contribution in [0, 0.1) is 0 Å². The molecule has 0 atom stereocenters. The van der Waals surface area contributed by atoms with Gasteiger partial charge in [0.05, 0.1) is 17.6 Å². The van der Waals surface area contributed by atoms with E-state index < -0.39 is 5.54 Å². The Hall–Kier alpha value is -3.19. The lowest BCUT2D eigenvalue weighted by molar-refractivity contribution is -0.135. The van der Waals surface area contributed by atoms with Gasteiger partial charge < -0.3 is 9.88 Å². The molecule has 160 valence electrons. The first-order chi connectivity index (χ1) is 15.1. The van der Waals surface area contributed by atoms with E-state index in [0.29, 0.717) is 32.4 Å². The Kier molecular flexibility index (Phi) is 4.98. The fourth-order valence-electron chi connectivity index (χ4n) is 4.85. The molecule has 2 aliphatic rings. The molecule has 2 aliphatic heterocycles. The number of piperidine rings is 1. The van der Waals surface area contributed by atoms with Crippen molar-refractivity contribution in [1.82, 2.24) is 24.7 Å². The van der Waals surface area contributed by atoms with Crippen LogP contribution in [0.2, 0.25) is 0 Å². The summed E-state index contributed by atoms with van der Waals surface area (Å²) >= 11 is 0. The maximum Gasteiger partial charge on any atom is 0.327 e. The number of likely N-dealkylation sites (N-methyl/N-ethyl adjacent to an activating group) is 1. The Bertz CT molecular complexity index is 1070. The van der Waals surface area contributed by atoms with Crippen molar-refractivity contribution in [3.05, 3.63) is 66.0 Å². The van der Waals surface area contributed by atoms with Gasteiger partial charge in [-0.15, -0.1) is 0 Å². The lowest BCUT2D eigenvalue weighted by Crippen LogP contribution is -2.55. The molecule has 3 aromatic rings. The molecule has 0 unspecified atom stereocenters. The molecule has 1 spiro atoms. The van der Waals surface area contributed by atoms with Gasteiger partial charge in [-0.1, -0.05) is 42.5 Å². The summed E-state index contributed by atoms with van der Waals surface area (Å²) in [6.45, 7) is 2.66. The number of carbonyl (C=O) groups excluding carboxylic acids is 2. The Labute approximate surface area is 181 Å². The number of hydrogen-bond acceptors (Lipinski definition) is 4. The molecule has 3 amide bonds. The molecule has 3 heterocycles. The number of aromatic nitrogens is 2. The number of imide groups is 1. The zero-order valence-corrected chi connectivity index (χ0v) is 17.8. The molecule has 0 aliphatic carbocycles. The fraction of sp³-hybridized carbons (Fsp3) is 0.375. The number of nitrogens with one attached hydrogen (secondary N) is 1. The van der Waals surface area contributed by atoms with Crippen LogP contribution in [-0.2, 0) is 17.8 Å². The number of carbonyl (C=O) groups is 2. The highest BCUT2D eigenvalue weighted by molar-refractivity contribution is 6.07. The number of hydrogen-bond donors (Lipinski definition) is 1. The highest BCUT2D eigenvalue weighted by Crippen LogP contribution is 2.36. The molecule has 2 fully saturated rings. The number of H-pyrrole nitrogens is 1. The summed E-state index contributed by atoms with van der Waals surface area (Å²) in [5, 5.41) is 0. The van der Waals surface area contributed by atoms with Gasteiger partial charge in [0.1, 0.15) is 11.4 Å². The van der Waals surface area contributed by atoms with E-state index in [0.717, 1.165) is 35.5 Å². The van der Waals surface area contributed by atoms with Crippen LogP contribution in [-0.4, -0.2) is 68.8 Å². The number of fused-ring (bicyclic) bond motifs is 1. The Morgan fingerprint density at radius 2 is 1.71 bits per heavy atom. The number of aromatic amines is 1. The SMILES string of the molecule is CN1C(=O)N(CCc2ccccc2)C(=O)C12CCN(Cc1nc3ccccc3[nH]1)CC2. The minimum Gasteiger partial charge on any atom is -0.341 e. The maximum absolute atomic E-state index is 13.3. The normalized spacial score (nSPS) is 19.1. The van der Waals surface area contributed by atoms with E-state index in [1.54, 1.807) is 11.9 Å². The summed E-state index contributed by atoms with van der Waals surface area (Å²) in [7, 11) is 1.78. The molecular weight excluding hydrogens is 390 g/mol. The lowest BCUT2D eigenvalue weighted by atomic mass is 9.86. The molecule has 2 saturated heterocycles. The molecule has 0 radical (unpaired) electrons. The second kappa shape index (κ2) is 7.81. The molecule has 2 aromatic carbocycles. The minimum absolute atomic E-state index is 0.0423. The molecule has 31 heavy (non-hydrogen) atoms. The highest BCUT2D eigenvalue weighted by Gasteiger charge is 2.56. The van der Waals surface area contributed by atoms with E-state index in [1.165, 1.54) is 4.90 Å². The van der Waals surface area contributed by atoms with Gasteiger partial charge in [0.2, 0.25) is 0 Å². The number of para-hydroxylation sites is 2. The summed E-state index contributed by atoms with van der Waals surface area (Å²) < 4.78 is 0. The van der Waals surface area contributed by atoms with E-state index in [2.05, 4.69) is 14.9 Å². The van der Waals surface area contributed by atoms with Crippen molar-refractivity contribution in [2.45, 2.75) is 31.3 Å². The zero-order valence-electron chi connectivity index (χ0n) is 17.8. The third-order valence-corrected chi connectivity index (χ3v) is 6.77. The Morgan fingerprint density at radius 1 is 1.00 bits per heavy atom. The van der Waals surface area contributed by atoms with E-state index >= 15 is 0 Å². The van der Waals surface area contributed by atoms with Crippen LogP contribution in [0.4, 0.5) is 4.79 Å². The van der Waals surface area contributed by atoms with Crippen molar-refractivity contribution in [2.24, 2.45) is 0 Å². The number of amides is 3. The number of urea groups is 1. The van der Waals surface area contributed by atoms with E-state index in [9.17, 15) is 9.59 Å². The zero-order chi connectivity index (χ0) is 21.4. The summed E-state index contributed by atoms with van der Waals surface area (Å²) in [6.07, 6.45) is 1.98. The van der Waals surface area contributed by atoms with Crippen molar-refractivity contribution in [1.29, 1.82) is 0 Å². The van der Waals surface area contributed by atoms with E-state index in [-0.39, 0.29) is 11.9 Å². The van der Waals surface area contributed by atoms with Gasteiger partial charge in [0.15, 0.2) is 0 Å². The van der Waals surface area contributed by atoms with Crippen LogP contribution < -0.4 is 0 Å². The van der Waals surface area contributed by atoms with Gasteiger partial charge in [-0.05, 0) is 37.0 Å². The van der Waals surface area contributed by atoms with Gasteiger partial charge in [-0.2, -0.15) is 0 Å². The van der Waals surface area contributed by atoms with Crippen molar-refractivity contribution >= 4 is 23.0 Å². The number of likely N-dealkylation sites (tertiary alicyclic amines) is 1. The van der Waals surface area contributed by atoms with Gasteiger partial charge >= 0.3 is 6.03 Å². The summed E-state index contributed by atoms with van der Waals surface area (Å²) in [4.78, 5) is 39.7. The van der Waals surface area contributed by atoms with Crippen LogP contribution in [0.3, 0.4) is 0 Å². The average Bonchev–Trinajstić information content (AvgIpc) is 3.28. The van der Waals surface area contributed by atoms with E-state index in [1.807, 2.05) is 54.6 Å². The summed E-state index contributed by atoms with van der Waals surface area (Å²) in [6, 6.07) is 17.8. The van der Waals surface area contributed by atoms with Crippen molar-refractivity contribution in [3.63, 3.8) is 0 Å². The second-order valence-corrected chi connectivity index (χ2v) is 8.54. The highest BCUT2D eigenvalue weighted by atomic mass is 16.2. The van der Waals surface area contributed by atoms with Crippen molar-refractivity contribution in [2.75, 3.05) is 26.7 Å². The number of rotatable bonds is 5. The van der Waals surface area contributed by atoms with Gasteiger partial charge in [0, 0.05) is 26.7 Å². The van der Waals surface area contributed by atoms with Crippen LogP contribution in [0.1, 0.15) is 24.2 Å². The molecule has 7 heteroatoms. The molecule has 0 saturated carbocycles. The largest absolute Gasteiger partial charge is 0.341 e. The molecule has 1 N–H and O–H groups in total. The standard InChI is InChI=1S/C24H27N5O2/c1-27-23(31)29(14-11-18-7-3-2-4-8-18)22(30)24(27)12-15-28(16-13-24)17-21-25-19-9-5-6-10-20(19)26-21/h2-10H,11-17H2,1H3,(H,25,26). The molecule has 0 bridgehead atoms. The van der Waals surface area contributed by atoms with E-state index in [4.69, 9.17) is 0 Å². The maximum atomic E-state index is 13.3. The Morgan fingerprint density at radius 3 is 2.45 bits per heavy atom. The van der Waals surface area contributed by atoms with Crippen molar-refractivity contribution in [3.8, 4) is 0 Å². The minimum atomic E-state index is -0.710. The second-order valence-electron chi connectivity index (χ2n) is 8.54. The average molecular weight is 418 g/mol. The van der Waals surface area contributed by atoms with Crippen LogP contribution in [0.25, 0.3) is 11.0 Å². The third-order valence-electron chi connectivity index (χ3n) is 6.77. The van der Waals surface area contributed by atoms with Crippen molar-refractivity contribution < 1.29 is 9.59 Å². The van der Waals surface area contributed by atoms with Gasteiger partial charge in [-0.3, -0.25) is 14.6 Å². The Balaban J connectivity index is 1.24. The topological polar surface area (TPSA) is 72.5 Å². The molecule has 5 rings (SSSR count). The number of nitrogens with zero attached hydrogens (tertiary/aromatic N) is 4. The lowest BCUT2D eigenvalue weighted by Gasteiger charge is -2.40. The monoisotopic (exact) mass is 417 g/mol. The first kappa shape index (κ1) is 19.8. The predicted octanol–water partition coefficient (Wildman–Crippen LogP) is 3.03. The quantitative estimate of drug-likeness (QED) is 0.648. The summed E-state index contributed by atoms with van der Waals surface area (Å²) in [5.41, 5.74) is 2.43. The molecule has 7 nitrogen and oxygen atoms in total. The number of benzene rings is 2. The summed E-state index contributed by atoms with van der Waals surface area (Å²) in [5.74, 6) is 0.892. The fourth-order valence-corrected chi connectivity index (χ4v) is 4.85. The van der Waals surface area contributed by atoms with Crippen LogP contribution >= 0.6 is 0 Å². The smallest absolute Gasteiger partial charge is 0.327 e. The van der Waals surface area contributed by atoms with Crippen LogP contribution in [0.5, 0.6) is 0 Å². The van der Waals surface area contributed by atoms with Gasteiger partial charge in [-0.25, -0.2) is 9.78 Å².